The molecule has 0 aliphatic carbocycles. The molecular weight excluding hydrogens is 443 g/mol. The summed E-state index contributed by atoms with van der Waals surface area (Å²) in [7, 11) is 0. The molecule has 0 saturated carbocycles. The van der Waals surface area contributed by atoms with Gasteiger partial charge in [0.25, 0.3) is 11.5 Å². The van der Waals surface area contributed by atoms with Crippen molar-refractivity contribution in [3.63, 3.8) is 0 Å². The highest BCUT2D eigenvalue weighted by Crippen LogP contribution is 2.48. The SMILES string of the molecule is O=C(NCc1ccccn1)c1ccc(C2=NOC(c3ccc(Cl)cc3)(C(F)(F)F)C2)cc1. The zero-order valence-electron chi connectivity index (χ0n) is 16.6. The molecule has 0 radical (unpaired) electrons. The number of nitrogens with one attached hydrogen (secondary N) is 1. The van der Waals surface area contributed by atoms with Gasteiger partial charge in [-0.25, -0.2) is 0 Å². The fraction of sp³-hybridized carbons (Fsp3) is 0.174. The van der Waals surface area contributed by atoms with Crippen LogP contribution in [0, 0.1) is 0 Å². The van der Waals surface area contributed by atoms with Gasteiger partial charge in [-0.1, -0.05) is 47.1 Å². The number of benzene rings is 2. The lowest BCUT2D eigenvalue weighted by molar-refractivity contribution is -0.275. The van der Waals surface area contributed by atoms with E-state index < -0.39 is 18.2 Å². The van der Waals surface area contributed by atoms with E-state index in [1.807, 2.05) is 6.07 Å². The summed E-state index contributed by atoms with van der Waals surface area (Å²) in [4.78, 5) is 21.5. The number of halogens is 4. The number of hydrogen-bond acceptors (Lipinski definition) is 4. The van der Waals surface area contributed by atoms with Crippen LogP contribution in [0.5, 0.6) is 0 Å². The van der Waals surface area contributed by atoms with Crippen molar-refractivity contribution in [2.45, 2.75) is 24.7 Å². The molecule has 0 spiro atoms. The molecule has 5 nitrogen and oxygen atoms in total. The number of alkyl halides is 3. The minimum Gasteiger partial charge on any atom is -0.374 e. The third kappa shape index (κ3) is 4.31. The molecule has 0 saturated heterocycles. The fourth-order valence-corrected chi connectivity index (χ4v) is 3.49. The van der Waals surface area contributed by atoms with Crippen molar-refractivity contribution >= 4 is 23.2 Å². The second kappa shape index (κ2) is 8.63. The number of aromatic nitrogens is 1. The van der Waals surface area contributed by atoms with Gasteiger partial charge < -0.3 is 10.2 Å². The Morgan fingerprint density at radius 2 is 1.78 bits per heavy atom. The highest BCUT2D eigenvalue weighted by molar-refractivity contribution is 6.30. The quantitative estimate of drug-likeness (QED) is 0.567. The maximum Gasteiger partial charge on any atom is 0.435 e. The van der Waals surface area contributed by atoms with Gasteiger partial charge in [0, 0.05) is 28.8 Å². The minimum atomic E-state index is -4.70. The molecule has 164 valence electrons. The predicted molar refractivity (Wildman–Crippen MR) is 113 cm³/mol. The number of rotatable bonds is 5. The molecule has 2 aromatic carbocycles. The summed E-state index contributed by atoms with van der Waals surface area (Å²) in [6.45, 7) is 0.261. The van der Waals surface area contributed by atoms with Gasteiger partial charge in [-0.3, -0.25) is 9.78 Å². The molecule has 1 N–H and O–H groups in total. The van der Waals surface area contributed by atoms with Gasteiger partial charge in [0.2, 0.25) is 0 Å². The van der Waals surface area contributed by atoms with Crippen molar-refractivity contribution in [1.29, 1.82) is 0 Å². The largest absolute Gasteiger partial charge is 0.435 e. The van der Waals surface area contributed by atoms with Crippen molar-refractivity contribution in [1.82, 2.24) is 10.3 Å². The van der Waals surface area contributed by atoms with Crippen molar-refractivity contribution < 1.29 is 22.8 Å². The number of nitrogens with zero attached hydrogens (tertiary/aromatic N) is 2. The second-order valence-electron chi connectivity index (χ2n) is 7.22. The minimum absolute atomic E-state index is 0.0846. The molecule has 0 fully saturated rings. The predicted octanol–water partition coefficient (Wildman–Crippen LogP) is 5.25. The van der Waals surface area contributed by atoms with Gasteiger partial charge in [-0.2, -0.15) is 13.2 Å². The molecule has 2 heterocycles. The van der Waals surface area contributed by atoms with Gasteiger partial charge >= 0.3 is 6.18 Å². The number of amides is 1. The van der Waals surface area contributed by atoms with Gasteiger partial charge in [-0.15, -0.1) is 0 Å². The molecule has 32 heavy (non-hydrogen) atoms. The van der Waals surface area contributed by atoms with Crippen LogP contribution in [0.25, 0.3) is 0 Å². The van der Waals surface area contributed by atoms with E-state index in [1.165, 1.54) is 36.4 Å². The smallest absolute Gasteiger partial charge is 0.374 e. The average molecular weight is 460 g/mol. The Morgan fingerprint density at radius 1 is 1.06 bits per heavy atom. The molecular formula is C23H17ClF3N3O2. The van der Waals surface area contributed by atoms with Crippen LogP contribution in [0.2, 0.25) is 5.02 Å². The Labute approximate surface area is 186 Å². The summed E-state index contributed by atoms with van der Waals surface area (Å²) in [6, 6.07) is 16.9. The monoisotopic (exact) mass is 459 g/mol. The third-order valence-electron chi connectivity index (χ3n) is 5.13. The van der Waals surface area contributed by atoms with Crippen LogP contribution in [0.15, 0.2) is 78.1 Å². The normalized spacial score (nSPS) is 18.1. The van der Waals surface area contributed by atoms with Crippen LogP contribution in [0.1, 0.15) is 33.6 Å². The Balaban J connectivity index is 1.48. The Kier molecular flexibility index (Phi) is 5.88. The summed E-state index contributed by atoms with van der Waals surface area (Å²) < 4.78 is 42.0. The zero-order chi connectivity index (χ0) is 22.8. The Hall–Kier alpha value is -3.39. The van der Waals surface area contributed by atoms with Crippen LogP contribution in [0.4, 0.5) is 13.2 Å². The van der Waals surface area contributed by atoms with Crippen molar-refractivity contribution in [2.24, 2.45) is 5.16 Å². The van der Waals surface area contributed by atoms with Crippen LogP contribution in [0.3, 0.4) is 0 Å². The zero-order valence-corrected chi connectivity index (χ0v) is 17.3. The Bertz CT molecular complexity index is 1130. The lowest BCUT2D eigenvalue weighted by Gasteiger charge is -2.29. The number of pyridine rings is 1. The first-order valence-corrected chi connectivity index (χ1v) is 10.0. The Morgan fingerprint density at radius 3 is 2.41 bits per heavy atom. The van der Waals surface area contributed by atoms with Crippen molar-refractivity contribution in [2.75, 3.05) is 0 Å². The van der Waals surface area contributed by atoms with Crippen LogP contribution in [-0.2, 0) is 17.0 Å². The molecule has 9 heteroatoms. The van der Waals surface area contributed by atoms with Crippen LogP contribution >= 0.6 is 11.6 Å². The highest BCUT2D eigenvalue weighted by Gasteiger charge is 2.62. The van der Waals surface area contributed by atoms with Gasteiger partial charge in [0.05, 0.1) is 18.0 Å². The molecule has 0 bridgehead atoms. The first kappa shape index (κ1) is 21.8. The molecule has 1 unspecified atom stereocenters. The highest BCUT2D eigenvalue weighted by atomic mass is 35.5. The summed E-state index contributed by atoms with van der Waals surface area (Å²) in [6.07, 6.45) is -3.56. The fourth-order valence-electron chi connectivity index (χ4n) is 3.37. The molecule has 1 atom stereocenters. The lowest BCUT2D eigenvalue weighted by atomic mass is 9.86. The van der Waals surface area contributed by atoms with Gasteiger partial charge in [0.1, 0.15) is 0 Å². The molecule has 1 aliphatic heterocycles. The summed E-state index contributed by atoms with van der Waals surface area (Å²) in [5, 5.41) is 6.80. The van der Waals surface area contributed by atoms with E-state index in [-0.39, 0.29) is 23.7 Å². The molecule has 4 rings (SSSR count). The average Bonchev–Trinajstić information content (AvgIpc) is 3.26. The van der Waals surface area contributed by atoms with Gasteiger partial charge in [0.15, 0.2) is 0 Å². The van der Waals surface area contributed by atoms with Crippen LogP contribution in [-0.4, -0.2) is 22.8 Å². The summed E-state index contributed by atoms with van der Waals surface area (Å²) in [5.41, 5.74) is -1.03. The second-order valence-corrected chi connectivity index (χ2v) is 7.66. The summed E-state index contributed by atoms with van der Waals surface area (Å²) in [5.74, 6) is -0.322. The molecule has 1 amide bonds. The maximum absolute atomic E-state index is 14.0. The summed E-state index contributed by atoms with van der Waals surface area (Å²) >= 11 is 5.81. The maximum atomic E-state index is 14.0. The van der Waals surface area contributed by atoms with E-state index in [9.17, 15) is 18.0 Å². The van der Waals surface area contributed by atoms with Crippen LogP contribution < -0.4 is 5.32 Å². The first-order chi connectivity index (χ1) is 15.3. The topological polar surface area (TPSA) is 63.6 Å². The van der Waals surface area contributed by atoms with Crippen molar-refractivity contribution in [3.05, 3.63) is 100 Å². The van der Waals surface area contributed by atoms with Gasteiger partial charge in [-0.05, 0) is 42.0 Å². The lowest BCUT2D eigenvalue weighted by Crippen LogP contribution is -2.42. The van der Waals surface area contributed by atoms with E-state index in [0.29, 0.717) is 21.8 Å². The first-order valence-electron chi connectivity index (χ1n) is 9.65. The number of oxime groups is 1. The van der Waals surface area contributed by atoms with E-state index in [2.05, 4.69) is 15.5 Å². The number of carbonyl (C=O) groups excluding carboxylic acids is 1. The molecule has 3 aromatic rings. The molecule has 1 aliphatic rings. The number of carbonyl (C=O) groups is 1. The van der Waals surface area contributed by atoms with E-state index in [4.69, 9.17) is 16.4 Å². The van der Waals surface area contributed by atoms with E-state index in [0.717, 1.165) is 0 Å². The molecule has 1 aromatic heterocycles. The number of hydrogen-bond donors (Lipinski definition) is 1. The standard InChI is InChI=1S/C23H17ClF3N3O2/c24-18-10-8-17(9-11-18)22(23(25,26)27)13-20(30-32-22)15-4-6-16(7-5-15)21(31)29-14-19-3-1-2-12-28-19/h1-12H,13-14H2,(H,29,31). The third-order valence-corrected chi connectivity index (χ3v) is 5.39. The van der Waals surface area contributed by atoms with Crippen molar-refractivity contribution in [3.8, 4) is 0 Å². The van der Waals surface area contributed by atoms with E-state index >= 15 is 0 Å². The van der Waals surface area contributed by atoms with E-state index in [1.54, 1.807) is 30.5 Å².